The minimum atomic E-state index is -3.74. The van der Waals surface area contributed by atoms with Crippen molar-refractivity contribution < 1.29 is 8.42 Å². The molecule has 0 aliphatic heterocycles. The van der Waals surface area contributed by atoms with Gasteiger partial charge in [-0.15, -0.1) is 11.8 Å². The van der Waals surface area contributed by atoms with Crippen LogP contribution in [-0.4, -0.2) is 19.7 Å². The molecule has 4 N–H and O–H groups in total. The van der Waals surface area contributed by atoms with Crippen LogP contribution in [-0.2, 0) is 10.0 Å². The summed E-state index contributed by atoms with van der Waals surface area (Å²) in [7, 11) is -3.74. The monoisotopic (exact) mass is 310 g/mol. The second-order valence-corrected chi connectivity index (χ2v) is 6.36. The molecule has 1 aromatic carbocycles. The van der Waals surface area contributed by atoms with Crippen molar-refractivity contribution in [3.8, 4) is 0 Å². The normalized spacial score (nSPS) is 11.1. The second-order valence-electron chi connectivity index (χ2n) is 3.83. The van der Waals surface area contributed by atoms with Crippen LogP contribution in [0.4, 0.5) is 11.5 Å². The van der Waals surface area contributed by atoms with Crippen molar-refractivity contribution >= 4 is 33.3 Å². The van der Waals surface area contributed by atoms with Crippen molar-refractivity contribution in [2.24, 2.45) is 5.84 Å². The molecule has 0 fully saturated rings. The lowest BCUT2D eigenvalue weighted by molar-refractivity contribution is 0.601. The van der Waals surface area contributed by atoms with E-state index in [9.17, 15) is 8.42 Å². The number of pyridine rings is 1. The van der Waals surface area contributed by atoms with Gasteiger partial charge in [-0.05, 0) is 42.7 Å². The van der Waals surface area contributed by atoms with Crippen molar-refractivity contribution in [3.05, 3.63) is 42.6 Å². The Morgan fingerprint density at radius 2 is 1.90 bits per heavy atom. The predicted molar refractivity (Wildman–Crippen MR) is 81.1 cm³/mol. The molecular weight excluding hydrogens is 296 g/mol. The van der Waals surface area contributed by atoms with E-state index in [4.69, 9.17) is 5.84 Å². The predicted octanol–water partition coefficient (Wildman–Crippen LogP) is 1.89. The summed E-state index contributed by atoms with van der Waals surface area (Å²) < 4.78 is 27.1. The Morgan fingerprint density at radius 3 is 2.50 bits per heavy atom. The van der Waals surface area contributed by atoms with Crippen molar-refractivity contribution in [2.45, 2.75) is 9.79 Å². The Bertz CT molecular complexity index is 687. The van der Waals surface area contributed by atoms with Gasteiger partial charge < -0.3 is 5.43 Å². The molecule has 0 bridgehead atoms. The van der Waals surface area contributed by atoms with Gasteiger partial charge >= 0.3 is 0 Å². The van der Waals surface area contributed by atoms with Crippen LogP contribution in [0.2, 0.25) is 0 Å². The van der Waals surface area contributed by atoms with Crippen LogP contribution in [0, 0.1) is 0 Å². The van der Waals surface area contributed by atoms with Gasteiger partial charge in [-0.1, -0.05) is 0 Å². The lowest BCUT2D eigenvalue weighted by atomic mass is 10.3. The van der Waals surface area contributed by atoms with Crippen LogP contribution >= 0.6 is 11.8 Å². The van der Waals surface area contributed by atoms with Crippen LogP contribution in [0.5, 0.6) is 0 Å². The number of rotatable bonds is 5. The van der Waals surface area contributed by atoms with E-state index in [0.29, 0.717) is 5.69 Å². The van der Waals surface area contributed by atoms with Gasteiger partial charge in [-0.25, -0.2) is 19.2 Å². The average molecular weight is 310 g/mol. The molecule has 8 heteroatoms. The molecule has 0 atom stereocenters. The number of thioether (sulfide) groups is 1. The van der Waals surface area contributed by atoms with Gasteiger partial charge in [0.2, 0.25) is 0 Å². The summed E-state index contributed by atoms with van der Waals surface area (Å²) in [5, 5.41) is 0. The fourth-order valence-electron chi connectivity index (χ4n) is 1.58. The molecule has 0 radical (unpaired) electrons. The number of hydrazine groups is 1. The molecule has 106 valence electrons. The molecule has 0 spiro atoms. The van der Waals surface area contributed by atoms with E-state index in [0.717, 1.165) is 4.90 Å². The van der Waals surface area contributed by atoms with Gasteiger partial charge in [0.1, 0.15) is 4.90 Å². The third kappa shape index (κ3) is 3.21. The van der Waals surface area contributed by atoms with Gasteiger partial charge in [0.15, 0.2) is 5.82 Å². The first-order chi connectivity index (χ1) is 9.56. The maximum atomic E-state index is 12.3. The van der Waals surface area contributed by atoms with E-state index in [1.807, 2.05) is 18.4 Å². The highest BCUT2D eigenvalue weighted by atomic mass is 32.2. The summed E-state index contributed by atoms with van der Waals surface area (Å²) in [5.74, 6) is 5.37. The van der Waals surface area contributed by atoms with Crippen molar-refractivity contribution in [3.63, 3.8) is 0 Å². The first kappa shape index (κ1) is 14.6. The third-order valence-electron chi connectivity index (χ3n) is 2.54. The molecule has 0 amide bonds. The number of anilines is 2. The minimum absolute atomic E-state index is 0.00329. The van der Waals surface area contributed by atoms with Crippen LogP contribution < -0.4 is 16.0 Å². The first-order valence-electron chi connectivity index (χ1n) is 5.65. The molecule has 2 rings (SSSR count). The Morgan fingerprint density at radius 1 is 1.20 bits per heavy atom. The number of aromatic nitrogens is 1. The molecule has 0 saturated carbocycles. The van der Waals surface area contributed by atoms with Crippen LogP contribution in [0.3, 0.4) is 0 Å². The Hall–Kier alpha value is -1.77. The lowest BCUT2D eigenvalue weighted by Gasteiger charge is -2.11. The number of hydrogen-bond donors (Lipinski definition) is 3. The summed E-state index contributed by atoms with van der Waals surface area (Å²) in [5.41, 5.74) is 2.75. The van der Waals surface area contributed by atoms with Crippen LogP contribution in [0.1, 0.15) is 0 Å². The smallest absolute Gasteiger partial charge is 0.265 e. The van der Waals surface area contributed by atoms with Crippen molar-refractivity contribution in [2.75, 3.05) is 16.4 Å². The van der Waals surface area contributed by atoms with E-state index < -0.39 is 10.0 Å². The number of nitrogens with one attached hydrogen (secondary N) is 2. The summed E-state index contributed by atoms with van der Waals surface area (Å²) in [6.45, 7) is 0. The van der Waals surface area contributed by atoms with E-state index >= 15 is 0 Å². The molecule has 6 nitrogen and oxygen atoms in total. The number of benzene rings is 1. The molecule has 0 aliphatic carbocycles. The topological polar surface area (TPSA) is 97.1 Å². The Kier molecular flexibility index (Phi) is 4.48. The van der Waals surface area contributed by atoms with E-state index in [1.165, 1.54) is 18.3 Å². The standard InChI is InChI=1S/C12H14N4O2S2/c1-19-10-6-4-9(5-7-10)16-20(17,18)11-3-2-8-14-12(11)15-13/h2-8,16H,13H2,1H3,(H,14,15). The molecule has 1 heterocycles. The number of nitrogens with two attached hydrogens (primary N) is 1. The van der Waals surface area contributed by atoms with E-state index in [-0.39, 0.29) is 10.7 Å². The Labute approximate surface area is 121 Å². The van der Waals surface area contributed by atoms with Gasteiger partial charge in [-0.3, -0.25) is 4.72 Å². The fourth-order valence-corrected chi connectivity index (χ4v) is 3.17. The summed E-state index contributed by atoms with van der Waals surface area (Å²) in [6, 6.07) is 10.1. The minimum Gasteiger partial charge on any atom is -0.307 e. The number of sulfonamides is 1. The molecular formula is C12H14N4O2S2. The van der Waals surface area contributed by atoms with Gasteiger partial charge in [0, 0.05) is 16.8 Å². The highest BCUT2D eigenvalue weighted by molar-refractivity contribution is 7.98. The van der Waals surface area contributed by atoms with Gasteiger partial charge in [0.05, 0.1) is 0 Å². The van der Waals surface area contributed by atoms with Gasteiger partial charge in [0.25, 0.3) is 10.0 Å². The summed E-state index contributed by atoms with van der Waals surface area (Å²) in [6.07, 6.45) is 3.41. The fraction of sp³-hybridized carbons (Fsp3) is 0.0833. The lowest BCUT2D eigenvalue weighted by Crippen LogP contribution is -2.18. The maximum Gasteiger partial charge on any atom is 0.265 e. The van der Waals surface area contributed by atoms with Crippen LogP contribution in [0.25, 0.3) is 0 Å². The molecule has 0 aliphatic rings. The molecule has 0 unspecified atom stereocenters. The zero-order valence-corrected chi connectivity index (χ0v) is 12.3. The first-order valence-corrected chi connectivity index (χ1v) is 8.36. The molecule has 0 saturated heterocycles. The zero-order valence-electron chi connectivity index (χ0n) is 10.7. The van der Waals surface area contributed by atoms with Crippen LogP contribution in [0.15, 0.2) is 52.4 Å². The quantitative estimate of drug-likeness (QED) is 0.443. The molecule has 2 aromatic rings. The third-order valence-corrected chi connectivity index (χ3v) is 4.70. The van der Waals surface area contributed by atoms with Crippen molar-refractivity contribution in [1.29, 1.82) is 0 Å². The second kappa shape index (κ2) is 6.12. The number of hydrogen-bond acceptors (Lipinski definition) is 6. The number of nitrogens with zero attached hydrogens (tertiary/aromatic N) is 1. The number of nitrogen functional groups attached to an aromatic ring is 1. The highest BCUT2D eigenvalue weighted by Gasteiger charge is 2.18. The van der Waals surface area contributed by atoms with Gasteiger partial charge in [-0.2, -0.15) is 0 Å². The summed E-state index contributed by atoms with van der Waals surface area (Å²) in [4.78, 5) is 4.92. The highest BCUT2D eigenvalue weighted by Crippen LogP contribution is 2.22. The SMILES string of the molecule is CSc1ccc(NS(=O)(=O)c2cccnc2NN)cc1. The average Bonchev–Trinajstić information content (AvgIpc) is 2.47. The van der Waals surface area contributed by atoms with Crippen molar-refractivity contribution in [1.82, 2.24) is 4.98 Å². The largest absolute Gasteiger partial charge is 0.307 e. The van der Waals surface area contributed by atoms with E-state index in [2.05, 4.69) is 15.1 Å². The summed E-state index contributed by atoms with van der Waals surface area (Å²) >= 11 is 1.58. The zero-order chi connectivity index (χ0) is 14.6. The van der Waals surface area contributed by atoms with E-state index in [1.54, 1.807) is 23.9 Å². The molecule has 20 heavy (non-hydrogen) atoms. The maximum absolute atomic E-state index is 12.3. The Balaban J connectivity index is 2.30. The molecule has 1 aromatic heterocycles.